The van der Waals surface area contributed by atoms with Gasteiger partial charge in [-0.15, -0.1) is 0 Å². The lowest BCUT2D eigenvalue weighted by molar-refractivity contribution is -0.119. The maximum absolute atomic E-state index is 12.1. The van der Waals surface area contributed by atoms with Crippen molar-refractivity contribution >= 4 is 15.9 Å². The van der Waals surface area contributed by atoms with Crippen LogP contribution in [0.5, 0.6) is 5.75 Å². The number of hydrogen-bond donors (Lipinski definition) is 2. The number of aromatic nitrogens is 1. The zero-order valence-electron chi connectivity index (χ0n) is 11.8. The fraction of sp³-hybridized carbons (Fsp3) is 0.231. The van der Waals surface area contributed by atoms with Gasteiger partial charge in [-0.3, -0.25) is 4.79 Å². The van der Waals surface area contributed by atoms with Gasteiger partial charge in [0.05, 0.1) is 11.1 Å². The summed E-state index contributed by atoms with van der Waals surface area (Å²) >= 11 is 0. The number of carbonyl (C=O) groups is 1. The predicted molar refractivity (Wildman–Crippen MR) is 76.4 cm³/mol. The van der Waals surface area contributed by atoms with Crippen LogP contribution in [0.15, 0.2) is 39.9 Å². The van der Waals surface area contributed by atoms with Crippen molar-refractivity contribution in [1.29, 1.82) is 0 Å². The second-order valence-electron chi connectivity index (χ2n) is 4.46. The summed E-state index contributed by atoms with van der Waals surface area (Å²) in [7, 11) is -3.67. The van der Waals surface area contributed by atoms with Crippen molar-refractivity contribution in [2.24, 2.45) is 5.73 Å². The highest BCUT2D eigenvalue weighted by Crippen LogP contribution is 2.16. The fourth-order valence-corrected chi connectivity index (χ4v) is 2.62. The molecule has 1 aromatic carbocycles. The van der Waals surface area contributed by atoms with Crippen LogP contribution in [0.1, 0.15) is 11.3 Å². The van der Waals surface area contributed by atoms with Crippen LogP contribution in [0.25, 0.3) is 0 Å². The number of aryl methyl sites for hydroxylation is 1. The summed E-state index contributed by atoms with van der Waals surface area (Å²) in [5, 5.41) is 3.58. The van der Waals surface area contributed by atoms with Gasteiger partial charge in [-0.1, -0.05) is 5.16 Å². The van der Waals surface area contributed by atoms with E-state index in [0.29, 0.717) is 17.1 Å². The highest BCUT2D eigenvalue weighted by molar-refractivity contribution is 7.89. The van der Waals surface area contributed by atoms with Gasteiger partial charge >= 0.3 is 0 Å². The molecule has 22 heavy (non-hydrogen) atoms. The third kappa shape index (κ3) is 4.06. The quantitative estimate of drug-likeness (QED) is 0.755. The van der Waals surface area contributed by atoms with Crippen molar-refractivity contribution < 1.29 is 22.5 Å². The molecule has 0 fully saturated rings. The summed E-state index contributed by atoms with van der Waals surface area (Å²) in [4.78, 5) is 10.7. The van der Waals surface area contributed by atoms with Crippen LogP contribution in [0.3, 0.4) is 0 Å². The minimum Gasteiger partial charge on any atom is -0.484 e. The van der Waals surface area contributed by atoms with Crippen molar-refractivity contribution in [3.63, 3.8) is 0 Å². The van der Waals surface area contributed by atoms with Gasteiger partial charge < -0.3 is 15.0 Å². The van der Waals surface area contributed by atoms with Gasteiger partial charge in [0.25, 0.3) is 5.91 Å². The number of sulfonamides is 1. The van der Waals surface area contributed by atoms with E-state index in [-0.39, 0.29) is 18.0 Å². The minimum absolute atomic E-state index is 0.0769. The van der Waals surface area contributed by atoms with E-state index in [0.717, 1.165) is 0 Å². The normalized spacial score (nSPS) is 11.3. The number of ether oxygens (including phenoxy) is 1. The number of benzene rings is 1. The number of amides is 1. The molecule has 3 N–H and O–H groups in total. The number of primary amides is 1. The number of nitrogens with zero attached hydrogens (tertiary/aromatic N) is 1. The second-order valence-corrected chi connectivity index (χ2v) is 6.23. The lowest BCUT2D eigenvalue weighted by atomic mass is 10.3. The van der Waals surface area contributed by atoms with Gasteiger partial charge in [0.1, 0.15) is 11.5 Å². The lowest BCUT2D eigenvalue weighted by Crippen LogP contribution is -2.23. The van der Waals surface area contributed by atoms with Gasteiger partial charge in [0.2, 0.25) is 10.0 Å². The van der Waals surface area contributed by atoms with E-state index in [2.05, 4.69) is 9.88 Å². The van der Waals surface area contributed by atoms with Crippen LogP contribution < -0.4 is 15.2 Å². The van der Waals surface area contributed by atoms with Crippen LogP contribution in [0, 0.1) is 6.92 Å². The van der Waals surface area contributed by atoms with Gasteiger partial charge in [-0.2, -0.15) is 0 Å². The van der Waals surface area contributed by atoms with Crippen LogP contribution in [0.2, 0.25) is 0 Å². The number of rotatable bonds is 7. The molecule has 1 amide bonds. The maximum atomic E-state index is 12.1. The van der Waals surface area contributed by atoms with E-state index < -0.39 is 15.9 Å². The Labute approximate surface area is 127 Å². The first-order valence-corrected chi connectivity index (χ1v) is 7.78. The first-order valence-electron chi connectivity index (χ1n) is 6.29. The standard InChI is InChI=1S/C13H15N3O5S/c1-9-10(6-15-21-9)7-16-22(18,19)12-4-2-11(3-5-12)20-8-13(14)17/h2-6,16H,7-8H2,1H3,(H2,14,17). The summed E-state index contributed by atoms with van der Waals surface area (Å²) in [6, 6.07) is 5.64. The SMILES string of the molecule is Cc1oncc1CNS(=O)(=O)c1ccc(OCC(N)=O)cc1. The number of nitrogens with two attached hydrogens (primary N) is 1. The number of carbonyl (C=O) groups excluding carboxylic acids is 1. The molecule has 2 rings (SSSR count). The summed E-state index contributed by atoms with van der Waals surface area (Å²) in [5.74, 6) is 0.299. The minimum atomic E-state index is -3.67. The molecule has 8 nitrogen and oxygen atoms in total. The molecule has 0 saturated heterocycles. The van der Waals surface area contributed by atoms with Crippen molar-refractivity contribution in [2.75, 3.05) is 6.61 Å². The molecule has 2 aromatic rings. The molecule has 1 aromatic heterocycles. The molecule has 0 unspecified atom stereocenters. The zero-order chi connectivity index (χ0) is 16.2. The van der Waals surface area contributed by atoms with E-state index in [1.54, 1.807) is 6.92 Å². The first-order chi connectivity index (χ1) is 10.4. The predicted octanol–water partition coefficient (Wildman–Crippen LogP) is 0.326. The average Bonchev–Trinajstić information content (AvgIpc) is 2.89. The van der Waals surface area contributed by atoms with E-state index in [4.69, 9.17) is 15.0 Å². The Kier molecular flexibility index (Phi) is 4.78. The number of nitrogens with one attached hydrogen (secondary N) is 1. The Morgan fingerprint density at radius 2 is 2.05 bits per heavy atom. The van der Waals surface area contributed by atoms with E-state index in [1.165, 1.54) is 30.5 Å². The number of hydrogen-bond acceptors (Lipinski definition) is 6. The summed E-state index contributed by atoms with van der Waals surface area (Å²) in [5.41, 5.74) is 5.61. The van der Waals surface area contributed by atoms with Crippen molar-refractivity contribution in [1.82, 2.24) is 9.88 Å². The van der Waals surface area contributed by atoms with Crippen LogP contribution in [0.4, 0.5) is 0 Å². The molecule has 0 aliphatic carbocycles. The third-order valence-electron chi connectivity index (χ3n) is 2.82. The van der Waals surface area contributed by atoms with Gasteiger partial charge in [0, 0.05) is 12.1 Å². The first kappa shape index (κ1) is 16.0. The summed E-state index contributed by atoms with van der Waals surface area (Å²) < 4.78 is 36.6. The molecular weight excluding hydrogens is 310 g/mol. The topological polar surface area (TPSA) is 125 Å². The summed E-state index contributed by atoms with van der Waals surface area (Å²) in [6.45, 7) is 1.51. The molecule has 0 radical (unpaired) electrons. The molecular formula is C13H15N3O5S. The highest BCUT2D eigenvalue weighted by Gasteiger charge is 2.15. The molecule has 0 saturated carbocycles. The molecule has 0 aliphatic heterocycles. The highest BCUT2D eigenvalue weighted by atomic mass is 32.2. The molecule has 118 valence electrons. The molecule has 0 atom stereocenters. The van der Waals surface area contributed by atoms with Gasteiger partial charge in [-0.05, 0) is 31.2 Å². The van der Waals surface area contributed by atoms with Crippen LogP contribution in [-0.2, 0) is 21.4 Å². The van der Waals surface area contributed by atoms with E-state index in [1.807, 2.05) is 0 Å². The van der Waals surface area contributed by atoms with Crippen molar-refractivity contribution in [2.45, 2.75) is 18.4 Å². The molecule has 1 heterocycles. The maximum Gasteiger partial charge on any atom is 0.255 e. The Morgan fingerprint density at radius 3 is 2.59 bits per heavy atom. The van der Waals surface area contributed by atoms with Gasteiger partial charge in [0.15, 0.2) is 6.61 Å². The molecule has 0 bridgehead atoms. The second kappa shape index (κ2) is 6.58. The molecule has 0 aliphatic rings. The zero-order valence-corrected chi connectivity index (χ0v) is 12.6. The van der Waals surface area contributed by atoms with Crippen molar-refractivity contribution in [3.05, 3.63) is 41.8 Å². The average molecular weight is 325 g/mol. The lowest BCUT2D eigenvalue weighted by Gasteiger charge is -2.07. The molecule has 0 spiro atoms. The Balaban J connectivity index is 2.03. The summed E-state index contributed by atoms with van der Waals surface area (Å²) in [6.07, 6.45) is 1.46. The van der Waals surface area contributed by atoms with E-state index in [9.17, 15) is 13.2 Å². The Hall–Kier alpha value is -2.39. The van der Waals surface area contributed by atoms with E-state index >= 15 is 0 Å². The van der Waals surface area contributed by atoms with Crippen LogP contribution in [-0.4, -0.2) is 26.1 Å². The molecule has 9 heteroatoms. The van der Waals surface area contributed by atoms with Gasteiger partial charge in [-0.25, -0.2) is 13.1 Å². The van der Waals surface area contributed by atoms with Crippen LogP contribution >= 0.6 is 0 Å². The Bertz CT molecular complexity index is 752. The fourth-order valence-electron chi connectivity index (χ4n) is 1.61. The smallest absolute Gasteiger partial charge is 0.255 e. The Morgan fingerprint density at radius 1 is 1.36 bits per heavy atom. The van der Waals surface area contributed by atoms with Crippen molar-refractivity contribution in [3.8, 4) is 5.75 Å². The monoisotopic (exact) mass is 325 g/mol. The largest absolute Gasteiger partial charge is 0.484 e. The third-order valence-corrected chi connectivity index (χ3v) is 4.24.